The van der Waals surface area contributed by atoms with Gasteiger partial charge in [-0.2, -0.15) is 0 Å². The highest BCUT2D eigenvalue weighted by molar-refractivity contribution is 7.91. The van der Waals surface area contributed by atoms with Gasteiger partial charge in [-0.3, -0.25) is 0 Å². The summed E-state index contributed by atoms with van der Waals surface area (Å²) in [5.74, 6) is 0.980. The molecule has 1 aromatic heterocycles. The van der Waals surface area contributed by atoms with E-state index < -0.39 is 16.0 Å². The predicted octanol–water partition coefficient (Wildman–Crippen LogP) is 1.16. The number of thiazole rings is 1. The van der Waals surface area contributed by atoms with E-state index in [1.807, 2.05) is 0 Å². The SMILES string of the molecule is O=C(O)c1ncsc1S(=O)(=O)NC1C2C3CCC(C3)C12. The number of aromatic carboxylic acids is 1. The summed E-state index contributed by atoms with van der Waals surface area (Å²) in [6.45, 7) is 0. The molecular weight excluding hydrogens is 300 g/mol. The van der Waals surface area contributed by atoms with Crippen molar-refractivity contribution in [3.8, 4) is 0 Å². The van der Waals surface area contributed by atoms with Gasteiger partial charge in [-0.05, 0) is 42.9 Å². The van der Waals surface area contributed by atoms with Crippen LogP contribution in [0, 0.1) is 23.7 Å². The first-order valence-corrected chi connectivity index (χ1v) is 9.04. The molecule has 2 bridgehead atoms. The lowest BCUT2D eigenvalue weighted by molar-refractivity contribution is 0.0687. The van der Waals surface area contributed by atoms with Gasteiger partial charge in [0.2, 0.25) is 0 Å². The van der Waals surface area contributed by atoms with E-state index in [0.717, 1.165) is 11.3 Å². The maximum Gasteiger partial charge on any atom is 0.356 e. The Hall–Kier alpha value is -0.990. The fraction of sp³-hybridized carbons (Fsp3) is 0.667. The van der Waals surface area contributed by atoms with Gasteiger partial charge in [0.25, 0.3) is 10.0 Å². The number of aromatic nitrogens is 1. The van der Waals surface area contributed by atoms with Gasteiger partial charge in [-0.25, -0.2) is 22.9 Å². The first kappa shape index (κ1) is 12.7. The van der Waals surface area contributed by atoms with Crippen LogP contribution in [0.3, 0.4) is 0 Å². The van der Waals surface area contributed by atoms with Gasteiger partial charge < -0.3 is 5.11 Å². The van der Waals surface area contributed by atoms with E-state index in [2.05, 4.69) is 9.71 Å². The number of hydrogen-bond acceptors (Lipinski definition) is 5. The van der Waals surface area contributed by atoms with Crippen LogP contribution in [-0.2, 0) is 10.0 Å². The van der Waals surface area contributed by atoms with E-state index in [1.165, 1.54) is 24.8 Å². The summed E-state index contributed by atoms with van der Waals surface area (Å²) in [5, 5.41) is 8.98. The number of fused-ring (bicyclic) bond motifs is 5. The van der Waals surface area contributed by atoms with Crippen molar-refractivity contribution in [2.75, 3.05) is 0 Å². The van der Waals surface area contributed by atoms with Crippen LogP contribution in [0.1, 0.15) is 29.8 Å². The topological polar surface area (TPSA) is 96.4 Å². The summed E-state index contributed by atoms with van der Waals surface area (Å²) in [6, 6.07) is 0.00925. The molecule has 3 aliphatic carbocycles. The smallest absolute Gasteiger partial charge is 0.356 e. The van der Waals surface area contributed by atoms with Crippen molar-refractivity contribution in [2.24, 2.45) is 23.7 Å². The molecule has 3 fully saturated rings. The first-order valence-electron chi connectivity index (χ1n) is 6.68. The van der Waals surface area contributed by atoms with Crippen LogP contribution < -0.4 is 4.72 Å². The second-order valence-corrected chi connectivity index (χ2v) is 8.69. The number of sulfonamides is 1. The molecule has 0 spiro atoms. The molecule has 6 nitrogen and oxygen atoms in total. The Morgan fingerprint density at radius 1 is 1.35 bits per heavy atom. The summed E-state index contributed by atoms with van der Waals surface area (Å²) >= 11 is 0.857. The number of carboxylic acids is 1. The number of hydrogen-bond donors (Lipinski definition) is 2. The average molecular weight is 314 g/mol. The van der Waals surface area contributed by atoms with E-state index in [1.54, 1.807) is 0 Å². The van der Waals surface area contributed by atoms with Gasteiger partial charge in [0.15, 0.2) is 9.90 Å². The molecule has 3 aliphatic rings. The third-order valence-corrected chi connectivity index (χ3v) is 7.84. The Morgan fingerprint density at radius 2 is 2.00 bits per heavy atom. The summed E-state index contributed by atoms with van der Waals surface area (Å²) in [6.07, 6.45) is 3.67. The predicted molar refractivity (Wildman–Crippen MR) is 71.0 cm³/mol. The van der Waals surface area contributed by atoms with Crippen LogP contribution >= 0.6 is 11.3 Å². The highest BCUT2D eigenvalue weighted by Gasteiger charge is 2.65. The number of nitrogens with one attached hydrogen (secondary N) is 1. The van der Waals surface area contributed by atoms with Crippen molar-refractivity contribution >= 4 is 27.3 Å². The number of nitrogens with zero attached hydrogens (tertiary/aromatic N) is 1. The zero-order valence-corrected chi connectivity index (χ0v) is 12.2. The molecule has 4 rings (SSSR count). The lowest BCUT2D eigenvalue weighted by Gasteiger charge is -2.10. The van der Waals surface area contributed by atoms with Crippen molar-refractivity contribution in [1.82, 2.24) is 9.71 Å². The van der Waals surface area contributed by atoms with Crippen molar-refractivity contribution in [3.05, 3.63) is 11.2 Å². The zero-order valence-electron chi connectivity index (χ0n) is 10.5. The molecule has 0 aliphatic heterocycles. The molecule has 2 N–H and O–H groups in total. The lowest BCUT2D eigenvalue weighted by Crippen LogP contribution is -2.30. The maximum atomic E-state index is 12.3. The lowest BCUT2D eigenvalue weighted by atomic mass is 10.0. The molecule has 108 valence electrons. The van der Waals surface area contributed by atoms with Crippen LogP contribution in [0.4, 0.5) is 0 Å². The van der Waals surface area contributed by atoms with Crippen molar-refractivity contribution < 1.29 is 18.3 Å². The summed E-state index contributed by atoms with van der Waals surface area (Å²) in [7, 11) is -3.77. The Labute approximate surface area is 120 Å². The Kier molecular flexibility index (Phi) is 2.56. The minimum Gasteiger partial charge on any atom is -0.476 e. The van der Waals surface area contributed by atoms with Crippen LogP contribution in [0.5, 0.6) is 0 Å². The summed E-state index contributed by atoms with van der Waals surface area (Å²) < 4.78 is 27.2. The second-order valence-electron chi connectivity index (χ2n) is 5.93. The van der Waals surface area contributed by atoms with Crippen molar-refractivity contribution in [1.29, 1.82) is 0 Å². The molecule has 0 aromatic carbocycles. The molecule has 20 heavy (non-hydrogen) atoms. The zero-order chi connectivity index (χ0) is 14.1. The first-order chi connectivity index (χ1) is 9.49. The molecule has 4 atom stereocenters. The van der Waals surface area contributed by atoms with E-state index in [0.29, 0.717) is 23.7 Å². The standard InChI is InChI=1S/C12H14N2O4S2/c15-11(16)10-12(19-4-13-10)20(17,18)14-9-7-5-1-2-6(3-5)8(7)9/h4-9,14H,1-3H2,(H,15,16). The molecule has 4 unspecified atom stereocenters. The molecule has 8 heteroatoms. The maximum absolute atomic E-state index is 12.3. The van der Waals surface area contributed by atoms with Gasteiger partial charge >= 0.3 is 5.97 Å². The van der Waals surface area contributed by atoms with E-state index in [9.17, 15) is 13.2 Å². The van der Waals surface area contributed by atoms with Crippen LogP contribution in [-0.4, -0.2) is 30.5 Å². The molecule has 0 radical (unpaired) electrons. The Morgan fingerprint density at radius 3 is 2.60 bits per heavy atom. The number of carbonyl (C=O) groups is 1. The molecule has 3 saturated carbocycles. The van der Waals surface area contributed by atoms with E-state index in [-0.39, 0.29) is 15.9 Å². The van der Waals surface area contributed by atoms with Gasteiger partial charge in [-0.15, -0.1) is 11.3 Å². The van der Waals surface area contributed by atoms with E-state index in [4.69, 9.17) is 5.11 Å². The number of rotatable bonds is 4. The van der Waals surface area contributed by atoms with Crippen LogP contribution in [0.15, 0.2) is 9.72 Å². The normalized spacial score (nSPS) is 37.9. The Bertz CT molecular complexity index is 667. The van der Waals surface area contributed by atoms with Crippen molar-refractivity contribution in [3.63, 3.8) is 0 Å². The summed E-state index contributed by atoms with van der Waals surface area (Å²) in [4.78, 5) is 14.6. The fourth-order valence-electron chi connectivity index (χ4n) is 4.28. The van der Waals surface area contributed by atoms with Gasteiger partial charge in [-0.1, -0.05) is 0 Å². The monoisotopic (exact) mass is 314 g/mol. The van der Waals surface area contributed by atoms with Crippen molar-refractivity contribution in [2.45, 2.75) is 29.5 Å². The largest absolute Gasteiger partial charge is 0.476 e. The third-order valence-electron chi connectivity index (χ3n) is 5.01. The number of carboxylic acid groups (broad SMARTS) is 1. The minimum absolute atomic E-state index is 0.00925. The van der Waals surface area contributed by atoms with Crippen LogP contribution in [0.25, 0.3) is 0 Å². The average Bonchev–Trinajstić information content (AvgIpc) is 2.87. The fourth-order valence-corrected chi connectivity index (χ4v) is 6.74. The van der Waals surface area contributed by atoms with E-state index >= 15 is 0 Å². The molecule has 0 amide bonds. The third kappa shape index (κ3) is 1.68. The minimum atomic E-state index is -3.77. The Balaban J connectivity index is 1.57. The van der Waals surface area contributed by atoms with Gasteiger partial charge in [0.1, 0.15) is 0 Å². The van der Waals surface area contributed by atoms with Gasteiger partial charge in [0.05, 0.1) is 5.51 Å². The summed E-state index contributed by atoms with van der Waals surface area (Å²) in [5.41, 5.74) is 0.881. The highest BCUT2D eigenvalue weighted by Crippen LogP contribution is 2.65. The van der Waals surface area contributed by atoms with Gasteiger partial charge in [0, 0.05) is 6.04 Å². The molecular formula is C12H14N2O4S2. The molecule has 1 aromatic rings. The van der Waals surface area contributed by atoms with Crippen LogP contribution in [0.2, 0.25) is 0 Å². The molecule has 1 heterocycles. The quantitative estimate of drug-likeness (QED) is 0.869. The highest BCUT2D eigenvalue weighted by atomic mass is 32.2. The second kappa shape index (κ2) is 4.02. The molecule has 0 saturated heterocycles.